The normalized spacial score (nSPS) is 24.9. The molecule has 2 fully saturated rings. The molecule has 2 rings (SSSR count). The Balaban J connectivity index is 1.99. The zero-order valence-corrected chi connectivity index (χ0v) is 11.6. The Morgan fingerprint density at radius 1 is 1.44 bits per heavy atom. The number of carbonyl (C=O) groups excluding carboxylic acids is 2. The van der Waals surface area contributed by atoms with E-state index < -0.39 is 0 Å². The van der Waals surface area contributed by atoms with Gasteiger partial charge in [-0.15, -0.1) is 0 Å². The van der Waals surface area contributed by atoms with Gasteiger partial charge in [-0.25, -0.2) is 0 Å². The Morgan fingerprint density at radius 3 is 2.72 bits per heavy atom. The fraction of sp³-hybridized carbons (Fsp3) is 0.833. The maximum atomic E-state index is 12.5. The maximum absolute atomic E-state index is 12.5. The fourth-order valence-corrected chi connectivity index (χ4v) is 3.32. The topological polar surface area (TPSA) is 61.4 Å². The highest BCUT2D eigenvalue weighted by atomic mass is 32.2. The lowest BCUT2D eigenvalue weighted by molar-refractivity contribution is -0.135. The highest BCUT2D eigenvalue weighted by Gasteiger charge is 2.34. The highest BCUT2D eigenvalue weighted by molar-refractivity contribution is 8.14. The van der Waals surface area contributed by atoms with Crippen LogP contribution in [0.25, 0.3) is 0 Å². The zero-order valence-electron chi connectivity index (χ0n) is 10.8. The highest BCUT2D eigenvalue weighted by Crippen LogP contribution is 2.19. The molecule has 18 heavy (non-hydrogen) atoms. The molecule has 2 aliphatic rings. The minimum Gasteiger partial charge on any atom is -0.338 e. The van der Waals surface area contributed by atoms with Gasteiger partial charge in [0.05, 0.1) is 0 Å². The summed E-state index contributed by atoms with van der Waals surface area (Å²) in [4.78, 5) is 25.6. The van der Waals surface area contributed by atoms with Gasteiger partial charge in [0.2, 0.25) is 5.91 Å². The van der Waals surface area contributed by atoms with E-state index in [0.717, 1.165) is 38.9 Å². The van der Waals surface area contributed by atoms with Gasteiger partial charge in [0.25, 0.3) is 5.24 Å². The molecule has 102 valence electrons. The van der Waals surface area contributed by atoms with E-state index in [1.165, 1.54) is 11.8 Å². The lowest BCUT2D eigenvalue weighted by atomic mass is 10.0. The Kier molecular flexibility index (Phi) is 4.88. The third-order valence-electron chi connectivity index (χ3n) is 3.47. The summed E-state index contributed by atoms with van der Waals surface area (Å²) in [5.74, 6) is 0.671. The van der Waals surface area contributed by atoms with Gasteiger partial charge in [0.15, 0.2) is 0 Å². The molecule has 5 nitrogen and oxygen atoms in total. The van der Waals surface area contributed by atoms with Gasteiger partial charge in [-0.3, -0.25) is 9.59 Å². The van der Waals surface area contributed by atoms with Gasteiger partial charge in [0, 0.05) is 18.3 Å². The summed E-state index contributed by atoms with van der Waals surface area (Å²) >= 11 is 1.21. The molecule has 0 spiro atoms. The number of hydrogen-bond acceptors (Lipinski definition) is 4. The summed E-state index contributed by atoms with van der Waals surface area (Å²) in [6.07, 6.45) is 2.99. The molecule has 0 aromatic rings. The van der Waals surface area contributed by atoms with Crippen LogP contribution in [0.5, 0.6) is 0 Å². The van der Waals surface area contributed by atoms with Crippen LogP contribution in [0.4, 0.5) is 4.79 Å². The van der Waals surface area contributed by atoms with E-state index in [2.05, 4.69) is 17.6 Å². The summed E-state index contributed by atoms with van der Waals surface area (Å²) in [7, 11) is 0. The predicted octanol–water partition coefficient (Wildman–Crippen LogP) is 0.802. The van der Waals surface area contributed by atoms with E-state index in [1.807, 2.05) is 4.90 Å². The second kappa shape index (κ2) is 6.43. The molecular weight excluding hydrogens is 250 g/mol. The van der Waals surface area contributed by atoms with Crippen LogP contribution in [0.15, 0.2) is 0 Å². The molecule has 1 atom stereocenters. The monoisotopic (exact) mass is 271 g/mol. The summed E-state index contributed by atoms with van der Waals surface area (Å²) in [5, 5.41) is 5.99. The molecular formula is C12H21N3O2S. The van der Waals surface area contributed by atoms with Crippen molar-refractivity contribution in [1.29, 1.82) is 0 Å². The summed E-state index contributed by atoms with van der Waals surface area (Å²) < 4.78 is 0. The Hall–Kier alpha value is -0.750. The molecule has 0 aromatic carbocycles. The largest absolute Gasteiger partial charge is 0.338 e. The maximum Gasteiger partial charge on any atom is 0.279 e. The van der Waals surface area contributed by atoms with Crippen LogP contribution in [0, 0.1) is 0 Å². The molecule has 0 bridgehead atoms. The second-order valence-electron chi connectivity index (χ2n) is 4.81. The zero-order chi connectivity index (χ0) is 13.0. The van der Waals surface area contributed by atoms with Crippen molar-refractivity contribution in [3.63, 3.8) is 0 Å². The quantitative estimate of drug-likeness (QED) is 0.794. The molecule has 2 saturated heterocycles. The molecule has 1 unspecified atom stereocenters. The first-order chi connectivity index (χ1) is 8.72. The Bertz CT molecular complexity index is 318. The van der Waals surface area contributed by atoms with E-state index in [9.17, 15) is 9.59 Å². The number of piperidine rings is 1. The Morgan fingerprint density at radius 2 is 2.17 bits per heavy atom. The van der Waals surface area contributed by atoms with Crippen molar-refractivity contribution >= 4 is 22.9 Å². The van der Waals surface area contributed by atoms with Crippen molar-refractivity contribution in [3.8, 4) is 0 Å². The fourth-order valence-electron chi connectivity index (χ4n) is 2.55. The lowest BCUT2D eigenvalue weighted by Gasteiger charge is -2.35. The van der Waals surface area contributed by atoms with Crippen molar-refractivity contribution < 1.29 is 9.59 Å². The molecule has 6 heteroatoms. The molecule has 2 N–H and O–H groups in total. The first-order valence-electron chi connectivity index (χ1n) is 6.67. The molecule has 0 aliphatic carbocycles. The van der Waals surface area contributed by atoms with Crippen LogP contribution < -0.4 is 10.6 Å². The van der Waals surface area contributed by atoms with Gasteiger partial charge in [-0.05, 0) is 32.4 Å². The predicted molar refractivity (Wildman–Crippen MR) is 72.7 cm³/mol. The van der Waals surface area contributed by atoms with Crippen molar-refractivity contribution in [3.05, 3.63) is 0 Å². The number of amides is 2. The third-order valence-corrected chi connectivity index (χ3v) is 4.35. The number of thioether (sulfide) groups is 1. The molecule has 2 aliphatic heterocycles. The van der Waals surface area contributed by atoms with Crippen molar-refractivity contribution in [2.24, 2.45) is 0 Å². The van der Waals surface area contributed by atoms with Crippen LogP contribution in [0.3, 0.4) is 0 Å². The van der Waals surface area contributed by atoms with Crippen LogP contribution in [-0.4, -0.2) is 53.5 Å². The van der Waals surface area contributed by atoms with Crippen LogP contribution >= 0.6 is 11.8 Å². The van der Waals surface area contributed by atoms with E-state index in [1.54, 1.807) is 0 Å². The Labute approximate surface area is 112 Å². The van der Waals surface area contributed by atoms with E-state index in [0.29, 0.717) is 11.8 Å². The number of carbonyl (C=O) groups is 2. The minimum absolute atomic E-state index is 0.0740. The summed E-state index contributed by atoms with van der Waals surface area (Å²) in [6.45, 7) is 4.83. The van der Waals surface area contributed by atoms with Gasteiger partial charge in [-0.1, -0.05) is 18.7 Å². The number of hydrogen-bond donors (Lipinski definition) is 2. The van der Waals surface area contributed by atoms with Gasteiger partial charge >= 0.3 is 0 Å². The smallest absolute Gasteiger partial charge is 0.279 e. The number of nitrogens with zero attached hydrogens (tertiary/aromatic N) is 1. The summed E-state index contributed by atoms with van der Waals surface area (Å²) in [5.41, 5.74) is 0. The average molecular weight is 271 g/mol. The van der Waals surface area contributed by atoms with Crippen LogP contribution in [-0.2, 0) is 4.79 Å². The first-order valence-corrected chi connectivity index (χ1v) is 7.65. The molecule has 0 saturated carbocycles. The molecule has 2 heterocycles. The lowest BCUT2D eigenvalue weighted by Crippen LogP contribution is -2.52. The van der Waals surface area contributed by atoms with Crippen LogP contribution in [0.1, 0.15) is 26.2 Å². The number of rotatable bonds is 4. The van der Waals surface area contributed by atoms with Crippen molar-refractivity contribution in [2.45, 2.75) is 38.3 Å². The average Bonchev–Trinajstić information content (AvgIpc) is 2.83. The van der Waals surface area contributed by atoms with Gasteiger partial charge in [-0.2, -0.15) is 0 Å². The standard InChI is InChI=1S/C12H21N3O2S/c1-2-7-15(9-3-5-13-6-4-9)11(16)10-8-18-12(17)14-10/h9-10,13H,2-8H2,1H3,(H,14,17). The summed E-state index contributed by atoms with van der Waals surface area (Å²) in [6, 6.07) is 0.0186. The molecule has 0 aromatic heterocycles. The first kappa shape index (κ1) is 13.7. The van der Waals surface area contributed by atoms with Crippen LogP contribution in [0.2, 0.25) is 0 Å². The van der Waals surface area contributed by atoms with E-state index in [-0.39, 0.29) is 17.2 Å². The van der Waals surface area contributed by atoms with Crippen molar-refractivity contribution in [1.82, 2.24) is 15.5 Å². The van der Waals surface area contributed by atoms with E-state index in [4.69, 9.17) is 0 Å². The minimum atomic E-state index is -0.316. The SMILES string of the molecule is CCCN(C(=O)C1CSC(=O)N1)C1CCNCC1. The van der Waals surface area contributed by atoms with Crippen molar-refractivity contribution in [2.75, 3.05) is 25.4 Å². The number of nitrogens with one attached hydrogen (secondary N) is 2. The second-order valence-corrected chi connectivity index (χ2v) is 5.80. The molecule has 0 radical (unpaired) electrons. The molecule has 2 amide bonds. The van der Waals surface area contributed by atoms with E-state index >= 15 is 0 Å². The van der Waals surface area contributed by atoms with Gasteiger partial charge < -0.3 is 15.5 Å². The third kappa shape index (κ3) is 3.17. The van der Waals surface area contributed by atoms with Gasteiger partial charge in [0.1, 0.15) is 6.04 Å².